The first-order chi connectivity index (χ1) is 8.34. The second-order valence-electron chi connectivity index (χ2n) is 4.26. The summed E-state index contributed by atoms with van der Waals surface area (Å²) in [4.78, 5) is 2.45. The van der Waals surface area contributed by atoms with Gasteiger partial charge in [-0.1, -0.05) is 12.1 Å². The van der Waals surface area contributed by atoms with Crippen molar-refractivity contribution >= 4 is 22.6 Å². The maximum absolute atomic E-state index is 5.32. The minimum atomic E-state index is 0.886. The summed E-state index contributed by atoms with van der Waals surface area (Å²) < 4.78 is 6.62. The van der Waals surface area contributed by atoms with Gasteiger partial charge in [-0.2, -0.15) is 0 Å². The Morgan fingerprint density at radius 1 is 1.18 bits per heavy atom. The van der Waals surface area contributed by atoms with Crippen LogP contribution in [0.2, 0.25) is 0 Å². The molecule has 1 fully saturated rings. The zero-order valence-electron chi connectivity index (χ0n) is 9.99. The number of halogens is 1. The van der Waals surface area contributed by atoms with Crippen molar-refractivity contribution in [2.45, 2.75) is 6.54 Å². The van der Waals surface area contributed by atoms with Crippen molar-refractivity contribution in [1.82, 2.24) is 10.2 Å². The van der Waals surface area contributed by atoms with E-state index in [-0.39, 0.29) is 0 Å². The topological polar surface area (TPSA) is 24.5 Å². The van der Waals surface area contributed by atoms with Crippen LogP contribution in [0.3, 0.4) is 0 Å². The third-order valence-corrected chi connectivity index (χ3v) is 3.67. The lowest BCUT2D eigenvalue weighted by atomic mass is 10.2. The molecule has 0 aliphatic carbocycles. The average molecular weight is 346 g/mol. The van der Waals surface area contributed by atoms with Gasteiger partial charge in [0, 0.05) is 36.3 Å². The highest BCUT2D eigenvalue weighted by Crippen LogP contribution is 2.06. The van der Waals surface area contributed by atoms with Crippen LogP contribution in [-0.2, 0) is 11.3 Å². The van der Waals surface area contributed by atoms with E-state index in [0.717, 1.165) is 45.9 Å². The molecule has 0 unspecified atom stereocenters. The quantitative estimate of drug-likeness (QED) is 0.649. The summed E-state index contributed by atoms with van der Waals surface area (Å²) in [6, 6.07) is 8.67. The number of rotatable bonds is 5. The largest absolute Gasteiger partial charge is 0.379 e. The molecular formula is C13H19IN2O. The number of ether oxygens (including phenoxy) is 1. The van der Waals surface area contributed by atoms with Crippen molar-refractivity contribution in [3.8, 4) is 0 Å². The SMILES string of the molecule is Ic1ccc(CNCCN2CCOCC2)cc1. The fourth-order valence-corrected chi connectivity index (χ4v) is 2.26. The first kappa shape index (κ1) is 13.3. The van der Waals surface area contributed by atoms with Crippen LogP contribution in [0.5, 0.6) is 0 Å². The summed E-state index contributed by atoms with van der Waals surface area (Å²) >= 11 is 2.33. The third-order valence-electron chi connectivity index (χ3n) is 2.95. The van der Waals surface area contributed by atoms with Crippen LogP contribution < -0.4 is 5.32 Å². The van der Waals surface area contributed by atoms with Gasteiger partial charge in [0.15, 0.2) is 0 Å². The van der Waals surface area contributed by atoms with Crippen molar-refractivity contribution in [2.24, 2.45) is 0 Å². The van der Waals surface area contributed by atoms with E-state index in [1.807, 2.05) is 0 Å². The van der Waals surface area contributed by atoms with Crippen molar-refractivity contribution in [2.75, 3.05) is 39.4 Å². The van der Waals surface area contributed by atoms with Crippen molar-refractivity contribution < 1.29 is 4.74 Å². The average Bonchev–Trinajstić information content (AvgIpc) is 2.38. The molecule has 0 bridgehead atoms. The minimum Gasteiger partial charge on any atom is -0.379 e. The predicted octanol–water partition coefficient (Wildman–Crippen LogP) is 1.71. The molecule has 2 rings (SSSR count). The van der Waals surface area contributed by atoms with E-state index in [1.54, 1.807) is 0 Å². The minimum absolute atomic E-state index is 0.886. The molecular weight excluding hydrogens is 327 g/mol. The maximum Gasteiger partial charge on any atom is 0.0594 e. The van der Waals surface area contributed by atoms with E-state index in [0.29, 0.717) is 0 Å². The Hall–Kier alpha value is -0.170. The molecule has 1 heterocycles. The normalized spacial score (nSPS) is 17.2. The zero-order chi connectivity index (χ0) is 11.9. The number of hydrogen-bond acceptors (Lipinski definition) is 3. The fraction of sp³-hybridized carbons (Fsp3) is 0.538. The highest BCUT2D eigenvalue weighted by molar-refractivity contribution is 14.1. The molecule has 1 aliphatic rings. The standard InChI is InChI=1S/C13H19IN2O/c14-13-3-1-12(2-4-13)11-15-5-6-16-7-9-17-10-8-16/h1-4,15H,5-11H2. The summed E-state index contributed by atoms with van der Waals surface area (Å²) in [5, 5.41) is 3.48. The van der Waals surface area contributed by atoms with Gasteiger partial charge in [0.2, 0.25) is 0 Å². The summed E-state index contributed by atoms with van der Waals surface area (Å²) in [5.74, 6) is 0. The molecule has 1 aromatic carbocycles. The van der Waals surface area contributed by atoms with Crippen LogP contribution in [0.15, 0.2) is 24.3 Å². The van der Waals surface area contributed by atoms with Gasteiger partial charge in [0.05, 0.1) is 13.2 Å². The van der Waals surface area contributed by atoms with Gasteiger partial charge in [-0.3, -0.25) is 4.90 Å². The summed E-state index contributed by atoms with van der Waals surface area (Å²) in [5.41, 5.74) is 1.35. The van der Waals surface area contributed by atoms with E-state index in [4.69, 9.17) is 4.74 Å². The Balaban J connectivity index is 1.60. The second-order valence-corrected chi connectivity index (χ2v) is 5.50. The zero-order valence-corrected chi connectivity index (χ0v) is 12.2. The molecule has 1 saturated heterocycles. The fourth-order valence-electron chi connectivity index (χ4n) is 1.90. The number of nitrogens with one attached hydrogen (secondary N) is 1. The molecule has 0 radical (unpaired) electrons. The number of morpholine rings is 1. The van der Waals surface area contributed by atoms with Crippen LogP contribution in [0, 0.1) is 3.57 Å². The van der Waals surface area contributed by atoms with Crippen LogP contribution in [-0.4, -0.2) is 44.3 Å². The summed E-state index contributed by atoms with van der Waals surface area (Å²) in [6.45, 7) is 7.05. The molecule has 17 heavy (non-hydrogen) atoms. The van der Waals surface area contributed by atoms with Gasteiger partial charge in [-0.05, 0) is 40.3 Å². The van der Waals surface area contributed by atoms with Crippen molar-refractivity contribution in [3.63, 3.8) is 0 Å². The molecule has 4 heteroatoms. The Labute approximate surface area is 117 Å². The Kier molecular flexibility index (Phi) is 5.70. The lowest BCUT2D eigenvalue weighted by Gasteiger charge is -2.26. The highest BCUT2D eigenvalue weighted by atomic mass is 127. The van der Waals surface area contributed by atoms with Crippen LogP contribution in [0.25, 0.3) is 0 Å². The van der Waals surface area contributed by atoms with Crippen LogP contribution in [0.1, 0.15) is 5.56 Å². The summed E-state index contributed by atoms with van der Waals surface area (Å²) in [7, 11) is 0. The molecule has 0 amide bonds. The van der Waals surface area contributed by atoms with Crippen molar-refractivity contribution in [3.05, 3.63) is 33.4 Å². The van der Waals surface area contributed by atoms with Gasteiger partial charge >= 0.3 is 0 Å². The lowest BCUT2D eigenvalue weighted by molar-refractivity contribution is 0.0384. The first-order valence-corrected chi connectivity index (χ1v) is 7.18. The number of hydrogen-bond donors (Lipinski definition) is 1. The number of nitrogens with zero attached hydrogens (tertiary/aromatic N) is 1. The molecule has 0 atom stereocenters. The van der Waals surface area contributed by atoms with E-state index in [9.17, 15) is 0 Å². The van der Waals surface area contributed by atoms with E-state index < -0.39 is 0 Å². The Bertz CT molecular complexity index is 323. The molecule has 1 aliphatic heterocycles. The monoisotopic (exact) mass is 346 g/mol. The second kappa shape index (κ2) is 7.31. The third kappa shape index (κ3) is 4.91. The lowest BCUT2D eigenvalue weighted by Crippen LogP contribution is -2.40. The smallest absolute Gasteiger partial charge is 0.0594 e. The molecule has 0 aromatic heterocycles. The molecule has 1 aromatic rings. The molecule has 0 saturated carbocycles. The van der Waals surface area contributed by atoms with Crippen molar-refractivity contribution in [1.29, 1.82) is 0 Å². The number of benzene rings is 1. The maximum atomic E-state index is 5.32. The molecule has 94 valence electrons. The van der Waals surface area contributed by atoms with E-state index in [1.165, 1.54) is 9.13 Å². The summed E-state index contributed by atoms with van der Waals surface area (Å²) in [6.07, 6.45) is 0. The van der Waals surface area contributed by atoms with Crippen LogP contribution in [0.4, 0.5) is 0 Å². The molecule has 3 nitrogen and oxygen atoms in total. The van der Waals surface area contributed by atoms with Gasteiger partial charge in [-0.25, -0.2) is 0 Å². The molecule has 0 spiro atoms. The Morgan fingerprint density at radius 2 is 1.88 bits per heavy atom. The molecule has 1 N–H and O–H groups in total. The van der Waals surface area contributed by atoms with Gasteiger partial charge < -0.3 is 10.1 Å². The van der Waals surface area contributed by atoms with Gasteiger partial charge in [0.25, 0.3) is 0 Å². The van der Waals surface area contributed by atoms with Gasteiger partial charge in [-0.15, -0.1) is 0 Å². The van der Waals surface area contributed by atoms with E-state index in [2.05, 4.69) is 57.1 Å². The van der Waals surface area contributed by atoms with Crippen LogP contribution >= 0.6 is 22.6 Å². The Morgan fingerprint density at radius 3 is 2.59 bits per heavy atom. The first-order valence-electron chi connectivity index (χ1n) is 6.10. The highest BCUT2D eigenvalue weighted by Gasteiger charge is 2.08. The predicted molar refractivity (Wildman–Crippen MR) is 78.1 cm³/mol. The van der Waals surface area contributed by atoms with Gasteiger partial charge in [0.1, 0.15) is 0 Å². The van der Waals surface area contributed by atoms with E-state index >= 15 is 0 Å².